The smallest absolute Gasteiger partial charge is 0.313 e. The number of hydrogen-bond donors (Lipinski definition) is 0. The maximum Gasteiger partial charge on any atom is 0.313 e. The van der Waals surface area contributed by atoms with E-state index in [1.54, 1.807) is 17.9 Å². The number of imidazole rings is 1. The summed E-state index contributed by atoms with van der Waals surface area (Å²) in [5.41, 5.74) is 0. The van der Waals surface area contributed by atoms with Crippen LogP contribution in [-0.2, 0) is 20.8 Å². The van der Waals surface area contributed by atoms with Gasteiger partial charge < -0.3 is 14.0 Å². The van der Waals surface area contributed by atoms with E-state index >= 15 is 0 Å². The number of carbonyl (C=O) groups is 2. The second-order valence-electron chi connectivity index (χ2n) is 3.11. The number of carbonyl (C=O) groups excluding carboxylic acids is 2. The highest BCUT2D eigenvalue weighted by Gasteiger charge is 2.16. The Hall–Kier alpha value is -1.69. The van der Waals surface area contributed by atoms with Crippen LogP contribution in [-0.4, -0.2) is 42.1 Å². The molecular formula is C10H14N2O4. The predicted octanol–water partition coefficient (Wildman–Crippen LogP) is 0.275. The van der Waals surface area contributed by atoms with Gasteiger partial charge in [-0.15, -0.1) is 0 Å². The lowest BCUT2D eigenvalue weighted by Crippen LogP contribution is -2.16. The quantitative estimate of drug-likeness (QED) is 0.395. The molecule has 0 N–H and O–H groups in total. The van der Waals surface area contributed by atoms with Crippen LogP contribution in [0.15, 0.2) is 12.4 Å². The molecule has 0 saturated heterocycles. The minimum atomic E-state index is -0.564. The van der Waals surface area contributed by atoms with Crippen LogP contribution in [0, 0.1) is 0 Å². The van der Waals surface area contributed by atoms with Crippen molar-refractivity contribution in [2.45, 2.75) is 13.0 Å². The Morgan fingerprint density at radius 2 is 2.19 bits per heavy atom. The van der Waals surface area contributed by atoms with Gasteiger partial charge in [-0.3, -0.25) is 9.59 Å². The summed E-state index contributed by atoms with van der Waals surface area (Å²) in [7, 11) is 2.82. The molecule has 0 fully saturated rings. The first-order valence-electron chi connectivity index (χ1n) is 4.79. The molecule has 1 rings (SSSR count). The van der Waals surface area contributed by atoms with Gasteiger partial charge >= 0.3 is 5.97 Å². The van der Waals surface area contributed by atoms with Gasteiger partial charge in [-0.05, 0) is 0 Å². The van der Waals surface area contributed by atoms with E-state index in [1.165, 1.54) is 13.3 Å². The van der Waals surface area contributed by atoms with Crippen molar-refractivity contribution in [2.24, 2.45) is 0 Å². The third-order valence-corrected chi connectivity index (χ3v) is 2.03. The maximum absolute atomic E-state index is 11.6. The van der Waals surface area contributed by atoms with Gasteiger partial charge in [0.15, 0.2) is 5.82 Å². The highest BCUT2D eigenvalue weighted by atomic mass is 16.5. The zero-order valence-electron chi connectivity index (χ0n) is 9.30. The first-order chi connectivity index (χ1) is 7.69. The molecule has 0 radical (unpaired) electrons. The van der Waals surface area contributed by atoms with Crippen molar-refractivity contribution in [2.75, 3.05) is 20.8 Å². The number of Topliss-reactive ketones (excluding diaryl/α,β-unsaturated/α-hetero) is 1. The Kier molecular flexibility index (Phi) is 4.65. The third kappa shape index (κ3) is 3.16. The van der Waals surface area contributed by atoms with Crippen LogP contribution in [0.4, 0.5) is 0 Å². The molecule has 1 heterocycles. The average molecular weight is 226 g/mol. The standard InChI is InChI=1S/C10H14N2O4/c1-15-6-5-12-4-3-11-10(12)8(13)7-9(14)16-2/h3-4H,5-7H2,1-2H3. The number of nitrogens with zero attached hydrogens (tertiary/aromatic N) is 2. The third-order valence-electron chi connectivity index (χ3n) is 2.03. The molecule has 6 nitrogen and oxygen atoms in total. The molecule has 0 amide bonds. The Morgan fingerprint density at radius 3 is 2.81 bits per heavy atom. The molecule has 0 aliphatic carbocycles. The molecule has 0 spiro atoms. The zero-order valence-corrected chi connectivity index (χ0v) is 9.30. The van der Waals surface area contributed by atoms with Crippen molar-refractivity contribution in [3.05, 3.63) is 18.2 Å². The number of aromatic nitrogens is 2. The highest BCUT2D eigenvalue weighted by Crippen LogP contribution is 2.02. The van der Waals surface area contributed by atoms with Crippen molar-refractivity contribution in [3.8, 4) is 0 Å². The fourth-order valence-corrected chi connectivity index (χ4v) is 1.21. The number of hydrogen-bond acceptors (Lipinski definition) is 5. The minimum absolute atomic E-state index is 0.252. The lowest BCUT2D eigenvalue weighted by atomic mass is 10.2. The molecule has 0 bridgehead atoms. The van der Waals surface area contributed by atoms with E-state index < -0.39 is 5.97 Å². The van der Waals surface area contributed by atoms with Gasteiger partial charge in [0.05, 0.1) is 13.7 Å². The summed E-state index contributed by atoms with van der Waals surface area (Å²) >= 11 is 0. The van der Waals surface area contributed by atoms with E-state index in [-0.39, 0.29) is 18.0 Å². The molecular weight excluding hydrogens is 212 g/mol. The molecule has 16 heavy (non-hydrogen) atoms. The molecule has 0 unspecified atom stereocenters. The summed E-state index contributed by atoms with van der Waals surface area (Å²) in [6.07, 6.45) is 2.89. The van der Waals surface area contributed by atoms with E-state index in [4.69, 9.17) is 4.74 Å². The van der Waals surface area contributed by atoms with Crippen LogP contribution in [0.25, 0.3) is 0 Å². The summed E-state index contributed by atoms with van der Waals surface area (Å²) < 4.78 is 11.0. The van der Waals surface area contributed by atoms with Crippen molar-refractivity contribution >= 4 is 11.8 Å². The molecule has 0 aliphatic heterocycles. The van der Waals surface area contributed by atoms with Gasteiger partial charge in [0.2, 0.25) is 5.78 Å². The summed E-state index contributed by atoms with van der Waals surface area (Å²) in [5.74, 6) is -0.665. The van der Waals surface area contributed by atoms with E-state index in [2.05, 4.69) is 9.72 Å². The number of rotatable bonds is 6. The molecule has 0 aliphatic rings. The number of esters is 1. The predicted molar refractivity (Wildman–Crippen MR) is 55.1 cm³/mol. The van der Waals surface area contributed by atoms with Crippen molar-refractivity contribution < 1.29 is 19.1 Å². The van der Waals surface area contributed by atoms with Crippen molar-refractivity contribution in [1.29, 1.82) is 0 Å². The Labute approximate surface area is 93.2 Å². The van der Waals surface area contributed by atoms with Gasteiger partial charge in [-0.25, -0.2) is 4.98 Å². The Morgan fingerprint density at radius 1 is 1.44 bits per heavy atom. The maximum atomic E-state index is 11.6. The monoisotopic (exact) mass is 226 g/mol. The topological polar surface area (TPSA) is 70.4 Å². The van der Waals surface area contributed by atoms with Gasteiger partial charge in [-0.1, -0.05) is 0 Å². The van der Waals surface area contributed by atoms with Crippen LogP contribution >= 0.6 is 0 Å². The van der Waals surface area contributed by atoms with Gasteiger partial charge in [0, 0.05) is 26.0 Å². The van der Waals surface area contributed by atoms with Crippen molar-refractivity contribution in [3.63, 3.8) is 0 Å². The second kappa shape index (κ2) is 6.02. The van der Waals surface area contributed by atoms with Crippen LogP contribution in [0.5, 0.6) is 0 Å². The molecule has 1 aromatic rings. The van der Waals surface area contributed by atoms with E-state index in [0.717, 1.165) is 0 Å². The lowest BCUT2D eigenvalue weighted by molar-refractivity contribution is -0.139. The molecule has 1 aromatic heterocycles. The number of ether oxygens (including phenoxy) is 2. The van der Waals surface area contributed by atoms with Crippen molar-refractivity contribution in [1.82, 2.24) is 9.55 Å². The minimum Gasteiger partial charge on any atom is -0.469 e. The van der Waals surface area contributed by atoms with Crippen LogP contribution < -0.4 is 0 Å². The summed E-state index contributed by atoms with van der Waals surface area (Å²) in [5, 5.41) is 0. The first kappa shape index (κ1) is 12.4. The Balaban J connectivity index is 2.67. The fourth-order valence-electron chi connectivity index (χ4n) is 1.21. The largest absolute Gasteiger partial charge is 0.469 e. The van der Waals surface area contributed by atoms with Gasteiger partial charge in [0.25, 0.3) is 0 Å². The first-order valence-corrected chi connectivity index (χ1v) is 4.79. The summed E-state index contributed by atoms with van der Waals surface area (Å²) in [6, 6.07) is 0. The van der Waals surface area contributed by atoms with Gasteiger partial charge in [-0.2, -0.15) is 0 Å². The molecule has 0 atom stereocenters. The van der Waals surface area contributed by atoms with Crippen LogP contribution in [0.1, 0.15) is 17.0 Å². The normalized spacial score (nSPS) is 10.1. The van der Waals surface area contributed by atoms with Crippen LogP contribution in [0.3, 0.4) is 0 Å². The molecule has 0 saturated carbocycles. The Bertz CT molecular complexity index is 373. The molecule has 88 valence electrons. The molecule has 0 aromatic carbocycles. The SMILES string of the molecule is COCCn1ccnc1C(=O)CC(=O)OC. The highest BCUT2D eigenvalue weighted by molar-refractivity contribution is 6.03. The average Bonchev–Trinajstić information content (AvgIpc) is 2.74. The fraction of sp³-hybridized carbons (Fsp3) is 0.500. The van der Waals surface area contributed by atoms with E-state index in [0.29, 0.717) is 13.2 Å². The number of ketones is 1. The van der Waals surface area contributed by atoms with E-state index in [9.17, 15) is 9.59 Å². The molecule has 6 heteroatoms. The van der Waals surface area contributed by atoms with Gasteiger partial charge in [0.1, 0.15) is 6.42 Å². The van der Waals surface area contributed by atoms with Crippen LogP contribution in [0.2, 0.25) is 0 Å². The summed E-state index contributed by atoms with van der Waals surface area (Å²) in [4.78, 5) is 26.5. The summed E-state index contributed by atoms with van der Waals surface area (Å²) in [6.45, 7) is 1.01. The zero-order chi connectivity index (χ0) is 12.0. The lowest BCUT2D eigenvalue weighted by Gasteiger charge is -2.05. The second-order valence-corrected chi connectivity index (χ2v) is 3.11. The van der Waals surface area contributed by atoms with E-state index in [1.807, 2.05) is 0 Å². The number of methoxy groups -OCH3 is 2.